The van der Waals surface area contributed by atoms with E-state index in [0.29, 0.717) is 29.7 Å². The fourth-order valence-corrected chi connectivity index (χ4v) is 5.48. The predicted molar refractivity (Wildman–Crippen MR) is 153 cm³/mol. The Morgan fingerprint density at radius 2 is 1.76 bits per heavy atom. The normalized spacial score (nSPS) is 18.1. The molecule has 1 aliphatic heterocycles. The Hall–Kier alpha value is -3.47. The number of aliphatic hydroxyl groups is 1. The van der Waals surface area contributed by atoms with Crippen LogP contribution in [0, 0.1) is 5.92 Å². The minimum atomic E-state index is -1.10. The second-order valence-corrected chi connectivity index (χ2v) is 10.7. The van der Waals surface area contributed by atoms with Gasteiger partial charge in [-0.25, -0.2) is 9.69 Å². The highest BCUT2D eigenvalue weighted by atomic mass is 79.9. The molecular formula is C31H34BrNO8. The lowest BCUT2D eigenvalue weighted by molar-refractivity contribution is -0.155. The van der Waals surface area contributed by atoms with E-state index in [-0.39, 0.29) is 25.4 Å². The number of aliphatic hydroxyl groups excluding tert-OH is 1. The summed E-state index contributed by atoms with van der Waals surface area (Å²) in [5, 5.41) is 8.90. The van der Waals surface area contributed by atoms with Crippen molar-refractivity contribution < 1.29 is 38.1 Å². The van der Waals surface area contributed by atoms with Crippen molar-refractivity contribution in [3.63, 3.8) is 0 Å². The maximum absolute atomic E-state index is 14.3. The van der Waals surface area contributed by atoms with Crippen molar-refractivity contribution in [2.45, 2.75) is 51.4 Å². The number of carbonyl (C=O) groups is 3. The average molecular weight is 629 g/mol. The van der Waals surface area contributed by atoms with Gasteiger partial charge < -0.3 is 23.7 Å². The highest BCUT2D eigenvalue weighted by Gasteiger charge is 2.48. The van der Waals surface area contributed by atoms with E-state index < -0.39 is 42.1 Å². The first-order valence-corrected chi connectivity index (χ1v) is 14.4. The zero-order chi connectivity index (χ0) is 29.4. The Balaban J connectivity index is 1.66. The van der Waals surface area contributed by atoms with Crippen LogP contribution >= 0.6 is 15.9 Å². The maximum atomic E-state index is 14.3. The van der Waals surface area contributed by atoms with Crippen LogP contribution in [0.15, 0.2) is 75.6 Å². The van der Waals surface area contributed by atoms with E-state index in [9.17, 15) is 14.4 Å². The van der Waals surface area contributed by atoms with Gasteiger partial charge in [0.2, 0.25) is 5.91 Å². The number of ether oxygens (including phenoxy) is 3. The van der Waals surface area contributed by atoms with Crippen molar-refractivity contribution in [3.8, 4) is 0 Å². The van der Waals surface area contributed by atoms with Gasteiger partial charge in [0.1, 0.15) is 17.6 Å². The second kappa shape index (κ2) is 14.4. The molecule has 1 N–H and O–H groups in total. The average Bonchev–Trinajstić information content (AvgIpc) is 3.48. The van der Waals surface area contributed by atoms with Crippen molar-refractivity contribution >= 4 is 33.9 Å². The number of benzene rings is 2. The van der Waals surface area contributed by atoms with Gasteiger partial charge in [-0.15, -0.1) is 0 Å². The van der Waals surface area contributed by atoms with Crippen molar-refractivity contribution in [3.05, 3.63) is 93.9 Å². The summed E-state index contributed by atoms with van der Waals surface area (Å²) in [6.07, 6.45) is -1.15. The molecule has 2 amide bonds. The fraction of sp³-hybridized carbons (Fsp3) is 0.387. The van der Waals surface area contributed by atoms with E-state index >= 15 is 0 Å². The van der Waals surface area contributed by atoms with Crippen LogP contribution < -0.4 is 0 Å². The maximum Gasteiger partial charge on any atom is 0.417 e. The Bertz CT molecular complexity index is 1310. The Labute approximate surface area is 247 Å². The van der Waals surface area contributed by atoms with Crippen LogP contribution in [0.4, 0.5) is 4.79 Å². The lowest BCUT2D eigenvalue weighted by Crippen LogP contribution is -2.44. The molecule has 2 heterocycles. The van der Waals surface area contributed by atoms with E-state index in [0.717, 1.165) is 16.0 Å². The zero-order valence-corrected chi connectivity index (χ0v) is 24.6. The predicted octanol–water partition coefficient (Wildman–Crippen LogP) is 5.56. The van der Waals surface area contributed by atoms with Gasteiger partial charge in [0.05, 0.1) is 29.6 Å². The first-order valence-electron chi connectivity index (χ1n) is 13.6. The minimum Gasteiger partial charge on any atom is -0.461 e. The van der Waals surface area contributed by atoms with Crippen LogP contribution in [-0.4, -0.2) is 53.8 Å². The zero-order valence-electron chi connectivity index (χ0n) is 23.0. The number of carbonyl (C=O) groups excluding carboxylic acids is 3. The summed E-state index contributed by atoms with van der Waals surface area (Å²) in [5.41, 5.74) is 1.61. The third kappa shape index (κ3) is 7.63. The van der Waals surface area contributed by atoms with E-state index in [1.54, 1.807) is 13.0 Å². The number of aryl methyl sites for hydroxylation is 1. The van der Waals surface area contributed by atoms with E-state index in [1.165, 1.54) is 6.92 Å². The standard InChI is InChI=1S/C31H34BrNO8/c1-20-28(23-12-7-4-8-13-23)41-31(37)33(20)30(36)24(18-22-10-5-3-6-11-22)29(39-21(2)35)27-19-25(32)26(40-27)14-9-16-38-17-15-34/h3-8,10-13,19-20,24,28-29,34H,9,14-18H2,1-2H3/t20-,24-,28-,29-/m0/s1. The molecule has 1 aliphatic rings. The second-order valence-electron chi connectivity index (χ2n) is 9.85. The fourth-order valence-electron chi connectivity index (χ4n) is 4.97. The monoisotopic (exact) mass is 627 g/mol. The largest absolute Gasteiger partial charge is 0.461 e. The van der Waals surface area contributed by atoms with Gasteiger partial charge in [0, 0.05) is 20.0 Å². The molecule has 4 rings (SSSR count). The van der Waals surface area contributed by atoms with Crippen molar-refractivity contribution in [1.29, 1.82) is 0 Å². The van der Waals surface area contributed by atoms with Gasteiger partial charge >= 0.3 is 12.1 Å². The molecule has 0 unspecified atom stereocenters. The van der Waals surface area contributed by atoms with Crippen LogP contribution in [0.3, 0.4) is 0 Å². The molecule has 4 atom stereocenters. The number of halogens is 1. The summed E-state index contributed by atoms with van der Waals surface area (Å²) >= 11 is 3.52. The molecule has 2 aromatic carbocycles. The SMILES string of the molecule is CC(=O)O[C@H](c1cc(Br)c(CCCOCCO)o1)[C@H](Cc1ccccc1)C(=O)N1C(=O)O[C@H](c2ccccc2)[C@@H]1C. The molecule has 0 saturated carbocycles. The van der Waals surface area contributed by atoms with Crippen LogP contribution in [0.1, 0.15) is 55.1 Å². The van der Waals surface area contributed by atoms with Gasteiger partial charge in [-0.1, -0.05) is 60.7 Å². The third-order valence-electron chi connectivity index (χ3n) is 6.89. The summed E-state index contributed by atoms with van der Waals surface area (Å²) in [6, 6.07) is 19.7. The summed E-state index contributed by atoms with van der Waals surface area (Å²) in [4.78, 5) is 40.8. The summed E-state index contributed by atoms with van der Waals surface area (Å²) in [5.74, 6) is -1.21. The van der Waals surface area contributed by atoms with E-state index in [4.69, 9.17) is 23.7 Å². The molecule has 3 aromatic rings. The molecule has 10 heteroatoms. The van der Waals surface area contributed by atoms with Gasteiger partial charge in [0.15, 0.2) is 6.10 Å². The minimum absolute atomic E-state index is 0.0508. The number of hydrogen-bond acceptors (Lipinski definition) is 8. The lowest BCUT2D eigenvalue weighted by atomic mass is 9.90. The summed E-state index contributed by atoms with van der Waals surface area (Å²) < 4.78 is 23.6. The van der Waals surface area contributed by atoms with Gasteiger partial charge in [-0.05, 0) is 52.9 Å². The first-order chi connectivity index (χ1) is 19.8. The number of hydrogen-bond donors (Lipinski definition) is 1. The molecule has 0 radical (unpaired) electrons. The van der Waals surface area contributed by atoms with Crippen molar-refractivity contribution in [2.75, 3.05) is 19.8 Å². The molecule has 1 aromatic heterocycles. The number of nitrogens with zero attached hydrogens (tertiary/aromatic N) is 1. The molecule has 1 saturated heterocycles. The quantitative estimate of drug-likeness (QED) is 0.194. The van der Waals surface area contributed by atoms with Crippen LogP contribution in [0.2, 0.25) is 0 Å². The molecule has 41 heavy (non-hydrogen) atoms. The summed E-state index contributed by atoms with van der Waals surface area (Å²) in [7, 11) is 0. The molecule has 9 nitrogen and oxygen atoms in total. The smallest absolute Gasteiger partial charge is 0.417 e. The highest BCUT2D eigenvalue weighted by Crippen LogP contribution is 2.39. The van der Waals surface area contributed by atoms with Crippen molar-refractivity contribution in [1.82, 2.24) is 4.90 Å². The van der Waals surface area contributed by atoms with Gasteiger partial charge in [-0.3, -0.25) is 9.59 Å². The summed E-state index contributed by atoms with van der Waals surface area (Å²) in [6.45, 7) is 3.67. The van der Waals surface area contributed by atoms with E-state index in [1.807, 2.05) is 60.7 Å². The topological polar surface area (TPSA) is 116 Å². The number of imide groups is 1. The van der Waals surface area contributed by atoms with Crippen LogP contribution in [0.5, 0.6) is 0 Å². The van der Waals surface area contributed by atoms with Gasteiger partial charge in [0.25, 0.3) is 0 Å². The van der Waals surface area contributed by atoms with Crippen LogP contribution in [0.25, 0.3) is 0 Å². The number of amides is 2. The van der Waals surface area contributed by atoms with Gasteiger partial charge in [-0.2, -0.15) is 0 Å². The number of cyclic esters (lactones) is 1. The Kier molecular flexibility index (Phi) is 10.7. The third-order valence-corrected chi connectivity index (χ3v) is 7.57. The molecule has 0 spiro atoms. The molecule has 0 aliphatic carbocycles. The molecule has 1 fully saturated rings. The highest BCUT2D eigenvalue weighted by molar-refractivity contribution is 9.10. The van der Waals surface area contributed by atoms with Crippen molar-refractivity contribution in [2.24, 2.45) is 5.92 Å². The molecule has 0 bridgehead atoms. The number of esters is 1. The number of furan rings is 1. The first kappa shape index (κ1) is 30.5. The van der Waals surface area contributed by atoms with E-state index in [2.05, 4.69) is 15.9 Å². The molecular weight excluding hydrogens is 594 g/mol. The Morgan fingerprint density at radius 3 is 2.41 bits per heavy atom. The molecule has 218 valence electrons. The lowest BCUT2D eigenvalue weighted by Gasteiger charge is -2.29. The van der Waals surface area contributed by atoms with Crippen LogP contribution in [-0.2, 0) is 36.6 Å². The Morgan fingerprint density at radius 1 is 1.07 bits per heavy atom. The number of rotatable bonds is 13.